The quantitative estimate of drug-likeness (QED) is 0.491. The molecule has 2 aromatic carbocycles. The summed E-state index contributed by atoms with van der Waals surface area (Å²) in [6.07, 6.45) is 3.34. The smallest absolute Gasteiger partial charge is 0.272 e. The highest BCUT2D eigenvalue weighted by Crippen LogP contribution is 2.24. The Morgan fingerprint density at radius 3 is 2.23 bits per heavy atom. The number of hydrogen-bond donors (Lipinski definition) is 2. The lowest BCUT2D eigenvalue weighted by Crippen LogP contribution is -2.31. The van der Waals surface area contributed by atoms with Crippen LogP contribution in [0.3, 0.4) is 0 Å². The third kappa shape index (κ3) is 5.05. The minimum atomic E-state index is -0.332. The van der Waals surface area contributed by atoms with Gasteiger partial charge in [-0.05, 0) is 60.0 Å². The zero-order valence-corrected chi connectivity index (χ0v) is 18.3. The van der Waals surface area contributed by atoms with Crippen molar-refractivity contribution < 1.29 is 9.59 Å². The lowest BCUT2D eigenvalue weighted by Gasteiger charge is -2.16. The molecule has 0 aliphatic rings. The normalized spacial score (nSPS) is 11.2. The molecule has 3 aromatic rings. The van der Waals surface area contributed by atoms with Crippen molar-refractivity contribution in [1.29, 1.82) is 0 Å². The highest BCUT2D eigenvalue weighted by Gasteiger charge is 2.18. The van der Waals surface area contributed by atoms with E-state index in [-0.39, 0.29) is 17.5 Å². The van der Waals surface area contributed by atoms with Crippen molar-refractivity contribution in [3.63, 3.8) is 0 Å². The standard InChI is InChI=1S/C25H26N2O2S/c1-4-18-11-8-12-19(5-2)23(18)27-25(29)22(16-20-13-9-15-30-20)26-24(28)21-14-7-6-10-17(21)3/h6-16H,4-5H2,1-3H3,(H,26,28)(H,27,29)/b22-16-. The summed E-state index contributed by atoms with van der Waals surface area (Å²) >= 11 is 1.51. The van der Waals surface area contributed by atoms with Gasteiger partial charge in [0.25, 0.3) is 11.8 Å². The molecule has 1 aromatic heterocycles. The van der Waals surface area contributed by atoms with Gasteiger partial charge in [-0.1, -0.05) is 56.3 Å². The molecular formula is C25H26N2O2S. The molecule has 30 heavy (non-hydrogen) atoms. The average molecular weight is 419 g/mol. The van der Waals surface area contributed by atoms with E-state index in [0.29, 0.717) is 5.56 Å². The molecule has 1 heterocycles. The van der Waals surface area contributed by atoms with E-state index in [0.717, 1.165) is 40.1 Å². The van der Waals surface area contributed by atoms with Gasteiger partial charge in [-0.2, -0.15) is 0 Å². The maximum atomic E-state index is 13.2. The van der Waals surface area contributed by atoms with Crippen molar-refractivity contribution >= 4 is 34.9 Å². The van der Waals surface area contributed by atoms with Gasteiger partial charge in [-0.3, -0.25) is 9.59 Å². The molecule has 0 aliphatic carbocycles. The minimum absolute atomic E-state index is 0.221. The highest BCUT2D eigenvalue weighted by atomic mass is 32.1. The van der Waals surface area contributed by atoms with Crippen LogP contribution in [0.25, 0.3) is 6.08 Å². The molecule has 0 bridgehead atoms. The number of benzene rings is 2. The summed E-state index contributed by atoms with van der Waals surface area (Å²) in [6, 6.07) is 17.2. The summed E-state index contributed by atoms with van der Waals surface area (Å²) in [7, 11) is 0. The average Bonchev–Trinajstić information content (AvgIpc) is 3.26. The number of rotatable bonds is 7. The van der Waals surface area contributed by atoms with Crippen molar-refractivity contribution in [2.45, 2.75) is 33.6 Å². The Bertz CT molecular complexity index is 1050. The monoisotopic (exact) mass is 418 g/mol. The van der Waals surface area contributed by atoms with Crippen molar-refractivity contribution in [3.8, 4) is 0 Å². The number of hydrogen-bond acceptors (Lipinski definition) is 3. The van der Waals surface area contributed by atoms with E-state index in [1.165, 1.54) is 11.3 Å². The summed E-state index contributed by atoms with van der Waals surface area (Å²) in [6.45, 7) is 6.00. The Labute approximate surface area is 181 Å². The molecule has 4 nitrogen and oxygen atoms in total. The Hall–Kier alpha value is -3.18. The Morgan fingerprint density at radius 1 is 0.933 bits per heavy atom. The number of nitrogens with one attached hydrogen (secondary N) is 2. The van der Waals surface area contributed by atoms with Crippen LogP contribution in [0.4, 0.5) is 5.69 Å². The molecule has 0 aliphatic heterocycles. The van der Waals surface area contributed by atoms with E-state index < -0.39 is 0 Å². The maximum Gasteiger partial charge on any atom is 0.272 e. The molecule has 0 saturated heterocycles. The summed E-state index contributed by atoms with van der Waals surface area (Å²) < 4.78 is 0. The molecule has 3 rings (SSSR count). The predicted molar refractivity (Wildman–Crippen MR) is 125 cm³/mol. The van der Waals surface area contributed by atoms with Crippen molar-refractivity contribution in [2.24, 2.45) is 0 Å². The van der Waals surface area contributed by atoms with Crippen molar-refractivity contribution in [2.75, 3.05) is 5.32 Å². The van der Waals surface area contributed by atoms with Crippen LogP contribution in [0.5, 0.6) is 0 Å². The summed E-state index contributed by atoms with van der Waals surface area (Å²) in [4.78, 5) is 27.0. The molecule has 2 N–H and O–H groups in total. The number of carbonyl (C=O) groups excluding carboxylic acids is 2. The Balaban J connectivity index is 1.93. The topological polar surface area (TPSA) is 58.2 Å². The van der Waals surface area contributed by atoms with E-state index in [1.54, 1.807) is 12.1 Å². The van der Waals surface area contributed by atoms with Crippen LogP contribution in [-0.2, 0) is 17.6 Å². The number of aryl methyl sites for hydroxylation is 3. The predicted octanol–water partition coefficient (Wildman–Crippen LogP) is 5.59. The first kappa shape index (κ1) is 21.5. The SMILES string of the molecule is CCc1cccc(CC)c1NC(=O)/C(=C/c1cccs1)NC(=O)c1ccccc1C. The van der Waals surface area contributed by atoms with Gasteiger partial charge in [-0.25, -0.2) is 0 Å². The lowest BCUT2D eigenvalue weighted by atomic mass is 10.0. The first-order chi connectivity index (χ1) is 14.5. The van der Waals surface area contributed by atoms with E-state index in [9.17, 15) is 9.59 Å². The Morgan fingerprint density at radius 2 is 1.63 bits per heavy atom. The van der Waals surface area contributed by atoms with E-state index >= 15 is 0 Å². The zero-order valence-electron chi connectivity index (χ0n) is 17.5. The molecule has 5 heteroatoms. The number of para-hydroxylation sites is 1. The van der Waals surface area contributed by atoms with Crippen LogP contribution < -0.4 is 10.6 Å². The maximum absolute atomic E-state index is 13.2. The molecule has 0 atom stereocenters. The zero-order chi connectivity index (χ0) is 21.5. The highest BCUT2D eigenvalue weighted by molar-refractivity contribution is 7.10. The molecule has 154 valence electrons. The van der Waals surface area contributed by atoms with Crippen molar-refractivity contribution in [1.82, 2.24) is 5.32 Å². The van der Waals surface area contributed by atoms with Gasteiger partial charge in [0.05, 0.1) is 0 Å². The van der Waals surface area contributed by atoms with Crippen LogP contribution in [-0.4, -0.2) is 11.8 Å². The van der Waals surface area contributed by atoms with E-state index in [2.05, 4.69) is 24.5 Å². The summed E-state index contributed by atoms with van der Waals surface area (Å²) in [5.41, 5.74) is 4.60. The van der Waals surface area contributed by atoms with Crippen LogP contribution >= 0.6 is 11.3 Å². The first-order valence-corrected chi connectivity index (χ1v) is 11.0. The fourth-order valence-electron chi connectivity index (χ4n) is 3.28. The fourth-order valence-corrected chi connectivity index (χ4v) is 3.93. The number of carbonyl (C=O) groups is 2. The van der Waals surface area contributed by atoms with Gasteiger partial charge in [0, 0.05) is 16.1 Å². The minimum Gasteiger partial charge on any atom is -0.320 e. The molecule has 2 amide bonds. The van der Waals surface area contributed by atoms with Gasteiger partial charge in [0.1, 0.15) is 5.70 Å². The van der Waals surface area contributed by atoms with Crippen LogP contribution in [0.15, 0.2) is 65.7 Å². The molecular weight excluding hydrogens is 392 g/mol. The molecule has 0 unspecified atom stereocenters. The third-order valence-corrected chi connectivity index (χ3v) is 5.77. The second kappa shape index (κ2) is 10.0. The number of amides is 2. The molecule has 0 spiro atoms. The first-order valence-electron chi connectivity index (χ1n) is 10.1. The molecule has 0 fully saturated rings. The number of anilines is 1. The third-order valence-electron chi connectivity index (χ3n) is 4.95. The second-order valence-electron chi connectivity index (χ2n) is 6.95. The van der Waals surface area contributed by atoms with Crippen LogP contribution in [0.1, 0.15) is 45.8 Å². The number of thiophene rings is 1. The largest absolute Gasteiger partial charge is 0.320 e. The van der Waals surface area contributed by atoms with Crippen LogP contribution in [0, 0.1) is 6.92 Å². The summed E-state index contributed by atoms with van der Waals surface area (Å²) in [5, 5.41) is 7.81. The van der Waals surface area contributed by atoms with Gasteiger partial charge in [-0.15, -0.1) is 11.3 Å². The summed E-state index contributed by atoms with van der Waals surface area (Å²) in [5.74, 6) is -0.633. The second-order valence-corrected chi connectivity index (χ2v) is 7.93. The Kier molecular flexibility index (Phi) is 7.20. The van der Waals surface area contributed by atoms with Gasteiger partial charge >= 0.3 is 0 Å². The molecule has 0 saturated carbocycles. The lowest BCUT2D eigenvalue weighted by molar-refractivity contribution is -0.113. The van der Waals surface area contributed by atoms with Crippen LogP contribution in [0.2, 0.25) is 0 Å². The van der Waals surface area contributed by atoms with Gasteiger partial charge < -0.3 is 10.6 Å². The molecule has 0 radical (unpaired) electrons. The fraction of sp³-hybridized carbons (Fsp3) is 0.200. The van der Waals surface area contributed by atoms with Crippen molar-refractivity contribution in [3.05, 3.63) is 92.8 Å². The van der Waals surface area contributed by atoms with Gasteiger partial charge in [0.2, 0.25) is 0 Å². The van der Waals surface area contributed by atoms with E-state index in [4.69, 9.17) is 0 Å². The van der Waals surface area contributed by atoms with Gasteiger partial charge in [0.15, 0.2) is 0 Å². The van der Waals surface area contributed by atoms with E-state index in [1.807, 2.05) is 60.8 Å².